The summed E-state index contributed by atoms with van der Waals surface area (Å²) in [7, 11) is 0. The lowest BCUT2D eigenvalue weighted by molar-refractivity contribution is 0.0693. The van der Waals surface area contributed by atoms with E-state index in [0.717, 1.165) is 36.8 Å². The quantitative estimate of drug-likeness (QED) is 0.480. The van der Waals surface area contributed by atoms with Crippen molar-refractivity contribution < 1.29 is 15.0 Å². The monoisotopic (exact) mass is 346 g/mol. The van der Waals surface area contributed by atoms with Crippen LogP contribution in [-0.4, -0.2) is 16.2 Å². The van der Waals surface area contributed by atoms with E-state index < -0.39 is 5.97 Å². The first-order valence-electron chi connectivity index (χ1n) is 10.2. The molecule has 1 aliphatic carbocycles. The van der Waals surface area contributed by atoms with Gasteiger partial charge in [-0.2, -0.15) is 0 Å². The summed E-state index contributed by atoms with van der Waals surface area (Å²) in [5.74, 6) is -0.695. The van der Waals surface area contributed by atoms with Crippen molar-refractivity contribution in [3.8, 4) is 5.75 Å². The summed E-state index contributed by atoms with van der Waals surface area (Å²) in [4.78, 5) is 11.5. The molecule has 0 aliphatic heterocycles. The maximum atomic E-state index is 11.5. The highest BCUT2D eigenvalue weighted by atomic mass is 16.4. The summed E-state index contributed by atoms with van der Waals surface area (Å²) in [6.45, 7) is 2.23. The Morgan fingerprint density at radius 2 is 1.64 bits per heavy atom. The molecular weight excluding hydrogens is 312 g/mol. The average Bonchev–Trinajstić information content (AvgIpc) is 2.62. The van der Waals surface area contributed by atoms with E-state index >= 15 is 0 Å². The van der Waals surface area contributed by atoms with Gasteiger partial charge in [-0.15, -0.1) is 0 Å². The summed E-state index contributed by atoms with van der Waals surface area (Å²) < 4.78 is 0. The van der Waals surface area contributed by atoms with E-state index in [0.29, 0.717) is 5.92 Å². The Labute approximate surface area is 152 Å². The molecule has 2 rings (SSSR count). The average molecular weight is 347 g/mol. The molecule has 1 aliphatic rings. The Kier molecular flexibility index (Phi) is 8.30. The SMILES string of the molecule is CCCCCCCCCc1cc(C(=O)O)c(O)c(C2CCCCC2)c1. The summed E-state index contributed by atoms with van der Waals surface area (Å²) in [6, 6.07) is 3.76. The van der Waals surface area contributed by atoms with Gasteiger partial charge in [-0.25, -0.2) is 4.79 Å². The number of phenols is 1. The van der Waals surface area contributed by atoms with E-state index in [1.54, 1.807) is 6.07 Å². The fraction of sp³-hybridized carbons (Fsp3) is 0.682. The van der Waals surface area contributed by atoms with E-state index in [4.69, 9.17) is 0 Å². The fourth-order valence-corrected chi connectivity index (χ4v) is 4.04. The molecule has 0 atom stereocenters. The van der Waals surface area contributed by atoms with Crippen LogP contribution in [0.5, 0.6) is 5.75 Å². The van der Waals surface area contributed by atoms with Gasteiger partial charge in [0.05, 0.1) is 0 Å². The Morgan fingerprint density at radius 3 is 2.28 bits per heavy atom. The van der Waals surface area contributed by atoms with Crippen LogP contribution in [0.4, 0.5) is 0 Å². The first-order chi connectivity index (χ1) is 12.1. The third-order valence-electron chi connectivity index (χ3n) is 5.54. The first-order valence-corrected chi connectivity index (χ1v) is 10.2. The molecule has 1 aromatic carbocycles. The maximum absolute atomic E-state index is 11.5. The number of aromatic carboxylic acids is 1. The molecule has 1 aromatic rings. The van der Waals surface area contributed by atoms with E-state index in [9.17, 15) is 15.0 Å². The highest BCUT2D eigenvalue weighted by Crippen LogP contribution is 2.39. The number of aryl methyl sites for hydroxylation is 1. The molecule has 1 fully saturated rings. The second kappa shape index (κ2) is 10.5. The third kappa shape index (κ3) is 6.05. The van der Waals surface area contributed by atoms with Gasteiger partial charge in [0.15, 0.2) is 0 Å². The molecule has 0 bridgehead atoms. The lowest BCUT2D eigenvalue weighted by atomic mass is 9.82. The topological polar surface area (TPSA) is 57.5 Å². The van der Waals surface area contributed by atoms with Gasteiger partial charge in [0.2, 0.25) is 0 Å². The van der Waals surface area contributed by atoms with Crippen molar-refractivity contribution in [1.82, 2.24) is 0 Å². The van der Waals surface area contributed by atoms with Crippen LogP contribution >= 0.6 is 0 Å². The molecule has 3 heteroatoms. The number of carbonyl (C=O) groups is 1. The molecule has 3 nitrogen and oxygen atoms in total. The van der Waals surface area contributed by atoms with Gasteiger partial charge in [-0.1, -0.05) is 70.8 Å². The first kappa shape index (κ1) is 19.8. The van der Waals surface area contributed by atoms with E-state index in [2.05, 4.69) is 13.0 Å². The molecular formula is C22H34O3. The maximum Gasteiger partial charge on any atom is 0.339 e. The number of aromatic hydroxyl groups is 1. The highest BCUT2D eigenvalue weighted by Gasteiger charge is 2.23. The van der Waals surface area contributed by atoms with Crippen LogP contribution < -0.4 is 0 Å². The lowest BCUT2D eigenvalue weighted by Crippen LogP contribution is -2.08. The van der Waals surface area contributed by atoms with Gasteiger partial charge >= 0.3 is 5.97 Å². The van der Waals surface area contributed by atoms with Gasteiger partial charge in [0.25, 0.3) is 0 Å². The zero-order chi connectivity index (χ0) is 18.1. The number of benzene rings is 1. The van der Waals surface area contributed by atoms with Crippen LogP contribution in [0.2, 0.25) is 0 Å². The van der Waals surface area contributed by atoms with Crippen molar-refractivity contribution in [2.24, 2.45) is 0 Å². The number of carboxylic acid groups (broad SMARTS) is 1. The van der Waals surface area contributed by atoms with E-state index in [1.165, 1.54) is 57.8 Å². The Bertz CT molecular complexity index is 544. The van der Waals surface area contributed by atoms with Crippen LogP contribution in [0.15, 0.2) is 12.1 Å². The molecule has 1 saturated carbocycles. The smallest absolute Gasteiger partial charge is 0.339 e. The third-order valence-corrected chi connectivity index (χ3v) is 5.54. The second-order valence-electron chi connectivity index (χ2n) is 7.59. The van der Waals surface area contributed by atoms with Gasteiger partial charge < -0.3 is 10.2 Å². The predicted molar refractivity (Wildman–Crippen MR) is 103 cm³/mol. The molecule has 0 heterocycles. The Hall–Kier alpha value is -1.51. The zero-order valence-corrected chi connectivity index (χ0v) is 15.7. The minimum Gasteiger partial charge on any atom is -0.507 e. The van der Waals surface area contributed by atoms with Gasteiger partial charge in [-0.05, 0) is 48.8 Å². The molecule has 25 heavy (non-hydrogen) atoms. The number of hydrogen-bond acceptors (Lipinski definition) is 2. The van der Waals surface area contributed by atoms with Crippen molar-refractivity contribution in [2.75, 3.05) is 0 Å². The second-order valence-corrected chi connectivity index (χ2v) is 7.59. The summed E-state index contributed by atoms with van der Waals surface area (Å²) in [6.07, 6.45) is 15.4. The van der Waals surface area contributed by atoms with Crippen LogP contribution in [0, 0.1) is 0 Å². The molecule has 0 amide bonds. The molecule has 2 N–H and O–H groups in total. The summed E-state index contributed by atoms with van der Waals surface area (Å²) >= 11 is 0. The largest absolute Gasteiger partial charge is 0.507 e. The van der Waals surface area contributed by atoms with Crippen molar-refractivity contribution in [1.29, 1.82) is 0 Å². The Morgan fingerprint density at radius 1 is 1.00 bits per heavy atom. The molecule has 0 aromatic heterocycles. The minimum absolute atomic E-state index is 0.00251. The fourth-order valence-electron chi connectivity index (χ4n) is 4.04. The van der Waals surface area contributed by atoms with Crippen molar-refractivity contribution >= 4 is 5.97 Å². The zero-order valence-electron chi connectivity index (χ0n) is 15.7. The number of rotatable bonds is 10. The van der Waals surface area contributed by atoms with Crippen LogP contribution in [0.3, 0.4) is 0 Å². The standard InChI is InChI=1S/C22H34O3/c1-2-3-4-5-6-7-9-12-17-15-19(18-13-10-8-11-14-18)21(23)20(16-17)22(24)25/h15-16,18,23H,2-14H2,1H3,(H,24,25). The van der Waals surface area contributed by atoms with Gasteiger partial charge in [-0.3, -0.25) is 0 Å². The van der Waals surface area contributed by atoms with Crippen molar-refractivity contribution in [3.05, 3.63) is 28.8 Å². The minimum atomic E-state index is -1.02. The van der Waals surface area contributed by atoms with Crippen molar-refractivity contribution in [3.63, 3.8) is 0 Å². The van der Waals surface area contributed by atoms with Crippen molar-refractivity contribution in [2.45, 2.75) is 96.3 Å². The molecule has 0 spiro atoms. The lowest BCUT2D eigenvalue weighted by Gasteiger charge is -2.24. The predicted octanol–water partition coefficient (Wildman–Crippen LogP) is 6.43. The highest BCUT2D eigenvalue weighted by molar-refractivity contribution is 5.91. The number of carboxylic acids is 1. The molecule has 140 valence electrons. The number of hydrogen-bond donors (Lipinski definition) is 2. The van der Waals surface area contributed by atoms with Crippen LogP contribution in [0.25, 0.3) is 0 Å². The molecule has 0 saturated heterocycles. The summed E-state index contributed by atoms with van der Waals surface area (Å²) in [5, 5.41) is 19.9. The van der Waals surface area contributed by atoms with Gasteiger partial charge in [0.1, 0.15) is 11.3 Å². The van der Waals surface area contributed by atoms with Crippen LogP contribution in [0.1, 0.15) is 111 Å². The van der Waals surface area contributed by atoms with E-state index in [-0.39, 0.29) is 11.3 Å². The summed E-state index contributed by atoms with van der Waals surface area (Å²) in [5.41, 5.74) is 2.03. The van der Waals surface area contributed by atoms with E-state index in [1.807, 2.05) is 0 Å². The Balaban J connectivity index is 1.99. The molecule has 0 unspecified atom stereocenters. The van der Waals surface area contributed by atoms with Gasteiger partial charge in [0, 0.05) is 0 Å². The normalized spacial score (nSPS) is 15.4. The molecule has 0 radical (unpaired) electrons. The van der Waals surface area contributed by atoms with Crippen LogP contribution in [-0.2, 0) is 6.42 Å². The number of unbranched alkanes of at least 4 members (excludes halogenated alkanes) is 6.